The normalized spacial score (nSPS) is 15.3. The molecule has 1 unspecified atom stereocenters. The zero-order valence-electron chi connectivity index (χ0n) is 9.24. The van der Waals surface area contributed by atoms with Crippen molar-refractivity contribution < 1.29 is 9.68 Å². The average Bonchev–Trinajstić information content (AvgIpc) is 2.19. The molecule has 0 saturated heterocycles. The van der Waals surface area contributed by atoms with Crippen molar-refractivity contribution in [3.63, 3.8) is 0 Å². The van der Waals surface area contributed by atoms with Gasteiger partial charge < -0.3 is 0 Å². The summed E-state index contributed by atoms with van der Waals surface area (Å²) in [6.07, 6.45) is 0.787. The molecule has 0 aliphatic rings. The van der Waals surface area contributed by atoms with E-state index in [2.05, 4.69) is 28.1 Å². The summed E-state index contributed by atoms with van der Waals surface area (Å²) < 4.78 is -0.377. The SMILES string of the molecule is CON(OC)C(C)(Br)Cc1ccccc1. The zero-order chi connectivity index (χ0) is 11.3. The Morgan fingerprint density at radius 3 is 2.20 bits per heavy atom. The van der Waals surface area contributed by atoms with Crippen molar-refractivity contribution in [2.75, 3.05) is 14.2 Å². The van der Waals surface area contributed by atoms with Gasteiger partial charge in [0.1, 0.15) is 4.45 Å². The van der Waals surface area contributed by atoms with Crippen molar-refractivity contribution in [1.29, 1.82) is 0 Å². The Balaban J connectivity index is 2.71. The second-order valence-electron chi connectivity index (χ2n) is 3.43. The lowest BCUT2D eigenvalue weighted by atomic mass is 10.1. The summed E-state index contributed by atoms with van der Waals surface area (Å²) in [7, 11) is 3.15. The van der Waals surface area contributed by atoms with Gasteiger partial charge in [0.15, 0.2) is 0 Å². The van der Waals surface area contributed by atoms with Gasteiger partial charge in [-0.25, -0.2) is 0 Å². The van der Waals surface area contributed by atoms with Gasteiger partial charge in [0.05, 0.1) is 14.2 Å². The van der Waals surface area contributed by atoms with Crippen molar-refractivity contribution in [2.24, 2.45) is 0 Å². The summed E-state index contributed by atoms with van der Waals surface area (Å²) in [6, 6.07) is 10.2. The minimum atomic E-state index is -0.377. The standard InChI is InChI=1S/C11H16BrNO2/c1-11(12,13(14-2)15-3)9-10-7-5-4-6-8-10/h4-8H,9H2,1-3H3. The van der Waals surface area contributed by atoms with Crippen LogP contribution in [0.3, 0.4) is 0 Å². The van der Waals surface area contributed by atoms with Crippen LogP contribution in [0.4, 0.5) is 0 Å². The number of benzene rings is 1. The fourth-order valence-electron chi connectivity index (χ4n) is 1.49. The van der Waals surface area contributed by atoms with Crippen molar-refractivity contribution >= 4 is 15.9 Å². The second-order valence-corrected chi connectivity index (χ2v) is 5.14. The lowest BCUT2D eigenvalue weighted by molar-refractivity contribution is -0.368. The van der Waals surface area contributed by atoms with Crippen LogP contribution < -0.4 is 0 Å². The van der Waals surface area contributed by atoms with Gasteiger partial charge in [0, 0.05) is 6.42 Å². The van der Waals surface area contributed by atoms with E-state index in [-0.39, 0.29) is 4.45 Å². The maximum absolute atomic E-state index is 5.10. The van der Waals surface area contributed by atoms with E-state index in [9.17, 15) is 0 Å². The van der Waals surface area contributed by atoms with Gasteiger partial charge in [-0.3, -0.25) is 9.68 Å². The Labute approximate surface area is 99.0 Å². The molecule has 0 saturated carbocycles. The van der Waals surface area contributed by atoms with Crippen LogP contribution >= 0.6 is 15.9 Å². The smallest absolute Gasteiger partial charge is 0.129 e. The molecule has 0 aliphatic carbocycles. The number of hydrogen-bond donors (Lipinski definition) is 0. The van der Waals surface area contributed by atoms with Crippen molar-refractivity contribution in [3.05, 3.63) is 35.9 Å². The molecule has 1 aromatic rings. The fourth-order valence-corrected chi connectivity index (χ4v) is 2.10. The minimum Gasteiger partial charge on any atom is -0.276 e. The Bertz CT molecular complexity index is 286. The molecule has 1 rings (SSSR count). The number of hydrogen-bond acceptors (Lipinski definition) is 3. The molecule has 15 heavy (non-hydrogen) atoms. The van der Waals surface area contributed by atoms with E-state index in [0.717, 1.165) is 6.42 Å². The van der Waals surface area contributed by atoms with Crippen LogP contribution in [0.2, 0.25) is 0 Å². The summed E-state index contributed by atoms with van der Waals surface area (Å²) in [4.78, 5) is 10.2. The highest BCUT2D eigenvalue weighted by atomic mass is 79.9. The number of nitrogens with zero attached hydrogens (tertiary/aromatic N) is 1. The molecule has 0 amide bonds. The van der Waals surface area contributed by atoms with E-state index in [1.165, 1.54) is 10.8 Å². The number of rotatable bonds is 5. The van der Waals surface area contributed by atoms with E-state index < -0.39 is 0 Å². The molecular formula is C11H16BrNO2. The summed E-state index contributed by atoms with van der Waals surface area (Å²) >= 11 is 3.58. The second kappa shape index (κ2) is 5.61. The molecule has 0 spiro atoms. The molecule has 0 heterocycles. The quantitative estimate of drug-likeness (QED) is 0.468. The third-order valence-corrected chi connectivity index (χ3v) is 2.65. The molecule has 1 aromatic carbocycles. The van der Waals surface area contributed by atoms with Gasteiger partial charge in [0.25, 0.3) is 0 Å². The van der Waals surface area contributed by atoms with Gasteiger partial charge in [-0.05, 0) is 17.7 Å². The molecule has 1 atom stereocenters. The maximum Gasteiger partial charge on any atom is 0.129 e. The van der Waals surface area contributed by atoms with E-state index in [1.807, 2.05) is 25.1 Å². The highest BCUT2D eigenvalue weighted by Crippen LogP contribution is 2.27. The first-order valence-corrected chi connectivity index (χ1v) is 5.51. The summed E-state index contributed by atoms with van der Waals surface area (Å²) in [6.45, 7) is 1.99. The molecule has 3 nitrogen and oxygen atoms in total. The molecule has 0 aliphatic heterocycles. The van der Waals surface area contributed by atoms with Crippen LogP contribution in [0.5, 0.6) is 0 Å². The van der Waals surface area contributed by atoms with Crippen LogP contribution in [0.15, 0.2) is 30.3 Å². The van der Waals surface area contributed by atoms with Gasteiger partial charge in [-0.2, -0.15) is 0 Å². The Hall–Kier alpha value is -0.420. The lowest BCUT2D eigenvalue weighted by Crippen LogP contribution is -2.41. The zero-order valence-corrected chi connectivity index (χ0v) is 10.8. The lowest BCUT2D eigenvalue weighted by Gasteiger charge is -2.32. The Kier molecular flexibility index (Phi) is 4.73. The molecule has 4 heteroatoms. The first kappa shape index (κ1) is 12.6. The minimum absolute atomic E-state index is 0.377. The molecule has 84 valence electrons. The largest absolute Gasteiger partial charge is 0.276 e. The number of halogens is 1. The van der Waals surface area contributed by atoms with Crippen molar-refractivity contribution in [3.8, 4) is 0 Å². The third kappa shape index (κ3) is 3.57. The Morgan fingerprint density at radius 1 is 1.20 bits per heavy atom. The molecular weight excluding hydrogens is 258 g/mol. The predicted octanol–water partition coefficient (Wildman–Crippen LogP) is 2.77. The summed E-state index contributed by atoms with van der Waals surface area (Å²) in [5.74, 6) is 0. The molecule has 0 bridgehead atoms. The molecule has 0 radical (unpaired) electrons. The predicted molar refractivity (Wildman–Crippen MR) is 63.3 cm³/mol. The first-order valence-electron chi connectivity index (χ1n) is 4.71. The van der Waals surface area contributed by atoms with Gasteiger partial charge in [-0.15, -0.1) is 0 Å². The van der Waals surface area contributed by atoms with E-state index in [0.29, 0.717) is 0 Å². The third-order valence-electron chi connectivity index (χ3n) is 2.08. The van der Waals surface area contributed by atoms with Crippen molar-refractivity contribution in [1.82, 2.24) is 5.23 Å². The Morgan fingerprint density at radius 2 is 1.73 bits per heavy atom. The van der Waals surface area contributed by atoms with Crippen LogP contribution in [-0.4, -0.2) is 23.9 Å². The average molecular weight is 274 g/mol. The fraction of sp³-hybridized carbons (Fsp3) is 0.455. The molecule has 0 aromatic heterocycles. The topological polar surface area (TPSA) is 21.7 Å². The van der Waals surface area contributed by atoms with Crippen LogP contribution in [0.25, 0.3) is 0 Å². The summed E-state index contributed by atoms with van der Waals surface area (Å²) in [5, 5.41) is 1.43. The first-order chi connectivity index (χ1) is 7.10. The van der Waals surface area contributed by atoms with Gasteiger partial charge in [-0.1, -0.05) is 46.3 Å². The highest BCUT2D eigenvalue weighted by Gasteiger charge is 2.30. The van der Waals surface area contributed by atoms with Crippen LogP contribution in [-0.2, 0) is 16.1 Å². The molecule has 0 N–H and O–H groups in total. The maximum atomic E-state index is 5.10. The van der Waals surface area contributed by atoms with E-state index in [4.69, 9.17) is 9.68 Å². The van der Waals surface area contributed by atoms with Gasteiger partial charge in [0.2, 0.25) is 0 Å². The van der Waals surface area contributed by atoms with Crippen LogP contribution in [0, 0.1) is 0 Å². The van der Waals surface area contributed by atoms with E-state index in [1.54, 1.807) is 14.2 Å². The van der Waals surface area contributed by atoms with E-state index >= 15 is 0 Å². The van der Waals surface area contributed by atoms with Gasteiger partial charge >= 0.3 is 0 Å². The number of alkyl halides is 1. The van der Waals surface area contributed by atoms with Crippen molar-refractivity contribution in [2.45, 2.75) is 17.8 Å². The number of hydroxylamine groups is 2. The monoisotopic (exact) mass is 273 g/mol. The van der Waals surface area contributed by atoms with Crippen LogP contribution in [0.1, 0.15) is 12.5 Å². The molecule has 0 fully saturated rings. The summed E-state index contributed by atoms with van der Waals surface area (Å²) in [5.41, 5.74) is 1.22. The highest BCUT2D eigenvalue weighted by molar-refractivity contribution is 9.10.